The summed E-state index contributed by atoms with van der Waals surface area (Å²) in [7, 11) is 1.35. The van der Waals surface area contributed by atoms with E-state index in [1.54, 1.807) is 23.1 Å². The number of ether oxygens (including phenoxy) is 1. The average molecular weight is 341 g/mol. The average Bonchev–Trinajstić information content (AvgIpc) is 2.93. The largest absolute Gasteiger partial charge is 0.467 e. The second kappa shape index (κ2) is 8.02. The topological polar surface area (TPSA) is 55.4 Å². The highest BCUT2D eigenvalue weighted by molar-refractivity contribution is 7.98. The summed E-state index contributed by atoms with van der Waals surface area (Å²) in [5.41, 5.74) is 1.30. The molecule has 0 bridgehead atoms. The van der Waals surface area contributed by atoms with Crippen molar-refractivity contribution < 1.29 is 14.3 Å². The number of aryl methyl sites for hydroxylation is 1. The highest BCUT2D eigenvalue weighted by Gasteiger charge is 2.25. The molecule has 0 saturated heterocycles. The van der Waals surface area contributed by atoms with Crippen molar-refractivity contribution in [2.24, 2.45) is 5.92 Å². The normalized spacial score (nSPS) is 18.4. The minimum absolute atomic E-state index is 0.163. The van der Waals surface area contributed by atoms with Gasteiger partial charge in [0.05, 0.1) is 12.0 Å². The van der Waals surface area contributed by atoms with Gasteiger partial charge in [-0.25, -0.2) is 4.79 Å². The summed E-state index contributed by atoms with van der Waals surface area (Å²) in [5, 5.41) is 2.82. The standard InChI is InChI=1S/C16H23NO3S2/c1-10-4-5-13-11(8-10)9-14(22-13)15(18)17-12(6-7-21-3)16(19)20-2/h9-10,12H,4-8H2,1-3H3,(H,17,18)/t10-,12-/m1/s1. The number of thiophene rings is 1. The number of carbonyl (C=O) groups is 2. The molecule has 0 aromatic carbocycles. The van der Waals surface area contributed by atoms with Crippen LogP contribution in [0.1, 0.15) is 39.9 Å². The molecule has 2 rings (SSSR count). The highest BCUT2D eigenvalue weighted by atomic mass is 32.2. The Labute approximate surface area is 140 Å². The van der Waals surface area contributed by atoms with Crippen molar-refractivity contribution in [3.05, 3.63) is 21.4 Å². The molecule has 4 nitrogen and oxygen atoms in total. The van der Waals surface area contributed by atoms with Crippen LogP contribution in [0, 0.1) is 5.92 Å². The Morgan fingerprint density at radius 3 is 3.00 bits per heavy atom. The third-order valence-corrected chi connectivity index (χ3v) is 5.83. The Balaban J connectivity index is 2.05. The van der Waals surface area contributed by atoms with Gasteiger partial charge in [-0.15, -0.1) is 11.3 Å². The van der Waals surface area contributed by atoms with Crippen molar-refractivity contribution in [2.45, 2.75) is 38.6 Å². The monoisotopic (exact) mass is 341 g/mol. The Morgan fingerprint density at radius 2 is 2.32 bits per heavy atom. The maximum atomic E-state index is 12.4. The van der Waals surface area contributed by atoms with Crippen LogP contribution in [0.15, 0.2) is 6.07 Å². The fourth-order valence-corrected chi connectivity index (χ4v) is 4.26. The van der Waals surface area contributed by atoms with Crippen LogP contribution in [0.5, 0.6) is 0 Å². The number of thioether (sulfide) groups is 1. The van der Waals surface area contributed by atoms with E-state index in [9.17, 15) is 9.59 Å². The number of amides is 1. The van der Waals surface area contributed by atoms with Gasteiger partial charge >= 0.3 is 5.97 Å². The van der Waals surface area contributed by atoms with E-state index in [4.69, 9.17) is 4.74 Å². The van der Waals surface area contributed by atoms with Gasteiger partial charge in [-0.3, -0.25) is 4.79 Å². The molecule has 0 spiro atoms. The second-order valence-electron chi connectivity index (χ2n) is 5.74. The lowest BCUT2D eigenvalue weighted by molar-refractivity contribution is -0.142. The molecular formula is C16H23NO3S2. The summed E-state index contributed by atoms with van der Waals surface area (Å²) in [6, 6.07) is 1.43. The lowest BCUT2D eigenvalue weighted by Gasteiger charge is -2.16. The molecule has 1 aliphatic rings. The maximum absolute atomic E-state index is 12.4. The first kappa shape index (κ1) is 17.3. The zero-order chi connectivity index (χ0) is 16.1. The molecule has 0 unspecified atom stereocenters. The van der Waals surface area contributed by atoms with Crippen molar-refractivity contribution in [1.29, 1.82) is 0 Å². The molecule has 1 aliphatic carbocycles. The summed E-state index contributed by atoms with van der Waals surface area (Å²) in [4.78, 5) is 26.2. The van der Waals surface area contributed by atoms with Gasteiger partial charge in [0.25, 0.3) is 5.91 Å². The van der Waals surface area contributed by atoms with Gasteiger partial charge in [-0.1, -0.05) is 6.92 Å². The zero-order valence-corrected chi connectivity index (χ0v) is 14.9. The van der Waals surface area contributed by atoms with Crippen molar-refractivity contribution in [3.8, 4) is 0 Å². The first-order valence-corrected chi connectivity index (χ1v) is 9.75. The molecule has 0 aliphatic heterocycles. The number of esters is 1. The van der Waals surface area contributed by atoms with E-state index < -0.39 is 6.04 Å². The summed E-state index contributed by atoms with van der Waals surface area (Å²) >= 11 is 3.21. The van der Waals surface area contributed by atoms with Crippen LogP contribution < -0.4 is 5.32 Å². The van der Waals surface area contributed by atoms with E-state index in [1.165, 1.54) is 24.0 Å². The van der Waals surface area contributed by atoms with E-state index in [2.05, 4.69) is 12.2 Å². The SMILES string of the molecule is COC(=O)[C@@H](CCSC)NC(=O)c1cc2c(s1)CC[C@@H](C)C2. The first-order chi connectivity index (χ1) is 10.5. The molecule has 1 aromatic rings. The summed E-state index contributed by atoms with van der Waals surface area (Å²) in [5.74, 6) is 0.946. The molecule has 0 fully saturated rings. The zero-order valence-electron chi connectivity index (χ0n) is 13.3. The van der Waals surface area contributed by atoms with Crippen LogP contribution in [0.2, 0.25) is 0 Å². The number of carbonyl (C=O) groups excluding carboxylic acids is 2. The van der Waals surface area contributed by atoms with Crippen LogP contribution >= 0.6 is 23.1 Å². The number of rotatable bonds is 6. The molecule has 0 saturated carbocycles. The van der Waals surface area contributed by atoms with Crippen molar-refractivity contribution in [3.63, 3.8) is 0 Å². The van der Waals surface area contributed by atoms with Gasteiger partial charge < -0.3 is 10.1 Å². The first-order valence-electron chi connectivity index (χ1n) is 7.54. The van der Waals surface area contributed by atoms with E-state index in [0.29, 0.717) is 17.2 Å². The fourth-order valence-electron chi connectivity index (χ4n) is 2.67. The molecule has 1 N–H and O–H groups in total. The van der Waals surface area contributed by atoms with Gasteiger partial charge in [0.2, 0.25) is 0 Å². The molecule has 1 aromatic heterocycles. The fraction of sp³-hybridized carbons (Fsp3) is 0.625. The minimum Gasteiger partial charge on any atom is -0.467 e. The van der Waals surface area contributed by atoms with Crippen LogP contribution in [-0.2, 0) is 22.4 Å². The van der Waals surface area contributed by atoms with Gasteiger partial charge in [-0.2, -0.15) is 11.8 Å². The van der Waals surface area contributed by atoms with Crippen molar-refractivity contribution in [2.75, 3.05) is 19.1 Å². The summed E-state index contributed by atoms with van der Waals surface area (Å²) in [6.45, 7) is 2.25. The van der Waals surface area contributed by atoms with E-state index in [0.717, 1.165) is 18.6 Å². The lowest BCUT2D eigenvalue weighted by Crippen LogP contribution is -2.41. The maximum Gasteiger partial charge on any atom is 0.328 e. The van der Waals surface area contributed by atoms with Crippen molar-refractivity contribution in [1.82, 2.24) is 5.32 Å². The lowest BCUT2D eigenvalue weighted by atomic mass is 9.90. The van der Waals surface area contributed by atoms with Gasteiger partial charge in [-0.05, 0) is 55.2 Å². The van der Waals surface area contributed by atoms with Crippen LogP contribution in [-0.4, -0.2) is 37.0 Å². The Bertz CT molecular complexity index is 541. The number of methoxy groups -OCH3 is 1. The quantitative estimate of drug-likeness (QED) is 0.809. The Hall–Kier alpha value is -1.01. The highest BCUT2D eigenvalue weighted by Crippen LogP contribution is 2.32. The molecular weight excluding hydrogens is 318 g/mol. The molecule has 0 radical (unpaired) electrons. The van der Waals surface area contributed by atoms with Crippen molar-refractivity contribution >= 4 is 35.0 Å². The van der Waals surface area contributed by atoms with Crippen LogP contribution in [0.25, 0.3) is 0 Å². The molecule has 1 heterocycles. The van der Waals surface area contributed by atoms with E-state index in [1.807, 2.05) is 12.3 Å². The molecule has 1 amide bonds. The summed E-state index contributed by atoms with van der Waals surface area (Å²) in [6.07, 6.45) is 5.85. The Morgan fingerprint density at radius 1 is 1.55 bits per heavy atom. The number of hydrogen-bond donors (Lipinski definition) is 1. The van der Waals surface area contributed by atoms with E-state index >= 15 is 0 Å². The second-order valence-corrected chi connectivity index (χ2v) is 7.86. The molecule has 122 valence electrons. The van der Waals surface area contributed by atoms with Crippen LogP contribution in [0.3, 0.4) is 0 Å². The molecule has 6 heteroatoms. The van der Waals surface area contributed by atoms with Gasteiger partial charge in [0.15, 0.2) is 0 Å². The number of nitrogens with one attached hydrogen (secondary N) is 1. The summed E-state index contributed by atoms with van der Waals surface area (Å²) < 4.78 is 4.78. The third kappa shape index (κ3) is 4.26. The van der Waals surface area contributed by atoms with Gasteiger partial charge in [0, 0.05) is 4.88 Å². The minimum atomic E-state index is -0.567. The number of fused-ring (bicyclic) bond motifs is 1. The Kier molecular flexibility index (Phi) is 6.32. The predicted octanol–water partition coefficient (Wildman–Crippen LogP) is 2.90. The van der Waals surface area contributed by atoms with Crippen LogP contribution in [0.4, 0.5) is 0 Å². The molecule has 2 atom stereocenters. The third-order valence-electron chi connectivity index (χ3n) is 3.95. The number of hydrogen-bond acceptors (Lipinski definition) is 5. The predicted molar refractivity (Wildman–Crippen MR) is 91.8 cm³/mol. The smallest absolute Gasteiger partial charge is 0.328 e. The van der Waals surface area contributed by atoms with E-state index in [-0.39, 0.29) is 11.9 Å². The molecule has 22 heavy (non-hydrogen) atoms. The van der Waals surface area contributed by atoms with Gasteiger partial charge in [0.1, 0.15) is 6.04 Å².